The van der Waals surface area contributed by atoms with Gasteiger partial charge in [0, 0.05) is 22.3 Å². The number of halogens is 1. The van der Waals surface area contributed by atoms with Gasteiger partial charge < -0.3 is 5.32 Å². The molecule has 1 aliphatic rings. The molecule has 0 amide bonds. The van der Waals surface area contributed by atoms with E-state index in [0.29, 0.717) is 6.04 Å². The number of thioether (sulfide) groups is 1. The second kappa shape index (κ2) is 6.81. The number of hydrogen-bond donors (Lipinski definition) is 1. The van der Waals surface area contributed by atoms with Crippen molar-refractivity contribution in [3.05, 3.63) is 34.3 Å². The van der Waals surface area contributed by atoms with Crippen molar-refractivity contribution in [2.24, 2.45) is 0 Å². The molecule has 1 nitrogen and oxygen atoms in total. The van der Waals surface area contributed by atoms with Crippen molar-refractivity contribution in [3.63, 3.8) is 0 Å². The van der Waals surface area contributed by atoms with E-state index in [1.165, 1.54) is 24.2 Å². The molecule has 2 rings (SSSR count). The summed E-state index contributed by atoms with van der Waals surface area (Å²) in [5, 5.41) is 4.54. The Morgan fingerprint density at radius 3 is 2.76 bits per heavy atom. The first-order valence-electron chi connectivity index (χ1n) is 6.40. The van der Waals surface area contributed by atoms with E-state index in [2.05, 4.69) is 64.2 Å². The summed E-state index contributed by atoms with van der Waals surface area (Å²) in [7, 11) is 0. The summed E-state index contributed by atoms with van der Waals surface area (Å²) in [6.07, 6.45) is 3.93. The predicted octanol–water partition coefficient (Wildman–Crippen LogP) is 4.39. The first-order valence-corrected chi connectivity index (χ1v) is 8.24. The summed E-state index contributed by atoms with van der Waals surface area (Å²) in [5.41, 5.74) is 1.40. The number of nitrogens with one attached hydrogen (secondary N) is 1. The van der Waals surface area contributed by atoms with Crippen LogP contribution in [0.3, 0.4) is 0 Å². The molecule has 0 saturated carbocycles. The summed E-state index contributed by atoms with van der Waals surface area (Å²) >= 11 is 5.61. The van der Waals surface area contributed by atoms with Gasteiger partial charge in [-0.05, 0) is 42.7 Å². The van der Waals surface area contributed by atoms with Gasteiger partial charge in [-0.3, -0.25) is 0 Å². The van der Waals surface area contributed by atoms with Gasteiger partial charge in [0.2, 0.25) is 0 Å². The molecule has 0 spiro atoms. The smallest absolute Gasteiger partial charge is 0.0318 e. The summed E-state index contributed by atoms with van der Waals surface area (Å²) in [6.45, 7) is 3.40. The molecule has 1 heterocycles. The molecule has 94 valence electrons. The summed E-state index contributed by atoms with van der Waals surface area (Å²) in [5.74, 6) is 1.35. The van der Waals surface area contributed by atoms with Gasteiger partial charge in [0.25, 0.3) is 0 Å². The third-order valence-electron chi connectivity index (χ3n) is 3.30. The molecule has 1 aliphatic heterocycles. The number of rotatable bonds is 5. The lowest BCUT2D eigenvalue weighted by atomic mass is 10.0. The van der Waals surface area contributed by atoms with E-state index in [0.717, 1.165) is 22.7 Å². The number of hydrogen-bond acceptors (Lipinski definition) is 2. The van der Waals surface area contributed by atoms with E-state index < -0.39 is 0 Å². The van der Waals surface area contributed by atoms with Gasteiger partial charge in [0.05, 0.1) is 0 Å². The molecule has 0 radical (unpaired) electrons. The van der Waals surface area contributed by atoms with E-state index in [-0.39, 0.29) is 0 Å². The maximum atomic E-state index is 3.71. The van der Waals surface area contributed by atoms with E-state index in [1.807, 2.05) is 0 Å². The third-order valence-corrected chi connectivity index (χ3v) is 5.22. The molecule has 1 aromatic rings. The van der Waals surface area contributed by atoms with Crippen LogP contribution in [0.2, 0.25) is 0 Å². The Morgan fingerprint density at radius 1 is 1.41 bits per heavy atom. The van der Waals surface area contributed by atoms with Crippen LogP contribution in [0.1, 0.15) is 37.8 Å². The highest BCUT2D eigenvalue weighted by molar-refractivity contribution is 9.10. The van der Waals surface area contributed by atoms with Crippen LogP contribution in [0.15, 0.2) is 28.7 Å². The lowest BCUT2D eigenvalue weighted by molar-refractivity contribution is 0.512. The van der Waals surface area contributed by atoms with Crippen LogP contribution in [0.4, 0.5) is 0 Å². The Bertz CT molecular complexity index is 333. The SMILES string of the molecule is CCC(NCC1CCCS1)c1ccc(Br)cc1. The first-order chi connectivity index (χ1) is 8.29. The Morgan fingerprint density at radius 2 is 2.18 bits per heavy atom. The molecule has 0 aliphatic carbocycles. The molecule has 0 bridgehead atoms. The topological polar surface area (TPSA) is 12.0 Å². The van der Waals surface area contributed by atoms with Crippen LogP contribution in [0.25, 0.3) is 0 Å². The van der Waals surface area contributed by atoms with Crippen molar-refractivity contribution < 1.29 is 0 Å². The molecule has 1 N–H and O–H groups in total. The third kappa shape index (κ3) is 4.01. The van der Waals surface area contributed by atoms with Crippen molar-refractivity contribution in [3.8, 4) is 0 Å². The van der Waals surface area contributed by atoms with Crippen molar-refractivity contribution in [1.29, 1.82) is 0 Å². The Hall–Kier alpha value is 0.01000. The predicted molar refractivity (Wildman–Crippen MR) is 80.7 cm³/mol. The molecule has 2 atom stereocenters. The van der Waals surface area contributed by atoms with Gasteiger partial charge >= 0.3 is 0 Å². The highest BCUT2D eigenvalue weighted by Gasteiger charge is 2.17. The lowest BCUT2D eigenvalue weighted by Crippen LogP contribution is -2.27. The molecule has 2 unspecified atom stereocenters. The van der Waals surface area contributed by atoms with Crippen LogP contribution in [0.5, 0.6) is 0 Å². The fourth-order valence-electron chi connectivity index (χ4n) is 2.27. The van der Waals surface area contributed by atoms with E-state index >= 15 is 0 Å². The van der Waals surface area contributed by atoms with Crippen LogP contribution in [-0.4, -0.2) is 17.5 Å². The van der Waals surface area contributed by atoms with E-state index in [9.17, 15) is 0 Å². The van der Waals surface area contributed by atoms with Crippen molar-refractivity contribution in [2.45, 2.75) is 37.5 Å². The Labute approximate surface area is 117 Å². The quantitative estimate of drug-likeness (QED) is 0.865. The van der Waals surface area contributed by atoms with Crippen LogP contribution >= 0.6 is 27.7 Å². The van der Waals surface area contributed by atoms with Crippen LogP contribution in [-0.2, 0) is 0 Å². The van der Waals surface area contributed by atoms with Crippen molar-refractivity contribution >= 4 is 27.7 Å². The van der Waals surface area contributed by atoms with Crippen molar-refractivity contribution in [2.75, 3.05) is 12.3 Å². The normalized spacial score (nSPS) is 21.6. The Balaban J connectivity index is 1.89. The standard InChI is InChI=1S/C14H20BrNS/c1-2-14(11-5-7-12(15)8-6-11)16-10-13-4-3-9-17-13/h5-8,13-14,16H,2-4,9-10H2,1H3. The zero-order valence-corrected chi connectivity index (χ0v) is 12.7. The van der Waals surface area contributed by atoms with Gasteiger partial charge in [0.1, 0.15) is 0 Å². The minimum absolute atomic E-state index is 0.504. The molecular formula is C14H20BrNS. The van der Waals surface area contributed by atoms with E-state index in [1.54, 1.807) is 0 Å². The maximum absolute atomic E-state index is 3.71. The van der Waals surface area contributed by atoms with Crippen LogP contribution in [0, 0.1) is 0 Å². The van der Waals surface area contributed by atoms with Crippen LogP contribution < -0.4 is 5.32 Å². The van der Waals surface area contributed by atoms with Gasteiger partial charge in [0.15, 0.2) is 0 Å². The second-order valence-corrected chi connectivity index (χ2v) is 6.88. The molecule has 1 saturated heterocycles. The largest absolute Gasteiger partial charge is 0.309 e. The minimum Gasteiger partial charge on any atom is -0.309 e. The second-order valence-electron chi connectivity index (χ2n) is 4.56. The maximum Gasteiger partial charge on any atom is 0.0318 e. The average Bonchev–Trinajstić information content (AvgIpc) is 2.85. The molecule has 0 aromatic heterocycles. The fourth-order valence-corrected chi connectivity index (χ4v) is 3.75. The molecule has 1 aromatic carbocycles. The Kier molecular flexibility index (Phi) is 5.39. The average molecular weight is 314 g/mol. The summed E-state index contributed by atoms with van der Waals surface area (Å²) in [6, 6.07) is 9.19. The molecular weight excluding hydrogens is 294 g/mol. The monoisotopic (exact) mass is 313 g/mol. The van der Waals surface area contributed by atoms with Crippen molar-refractivity contribution in [1.82, 2.24) is 5.32 Å². The molecule has 17 heavy (non-hydrogen) atoms. The molecule has 3 heteroatoms. The first kappa shape index (κ1) is 13.4. The zero-order valence-electron chi connectivity index (χ0n) is 10.3. The van der Waals surface area contributed by atoms with Gasteiger partial charge in [-0.15, -0.1) is 0 Å². The van der Waals surface area contributed by atoms with Gasteiger partial charge in [-0.2, -0.15) is 11.8 Å². The van der Waals surface area contributed by atoms with E-state index in [4.69, 9.17) is 0 Å². The number of benzene rings is 1. The summed E-state index contributed by atoms with van der Waals surface area (Å²) < 4.78 is 1.16. The van der Waals surface area contributed by atoms with Gasteiger partial charge in [-0.25, -0.2) is 0 Å². The summed E-state index contributed by atoms with van der Waals surface area (Å²) in [4.78, 5) is 0. The highest BCUT2D eigenvalue weighted by atomic mass is 79.9. The zero-order chi connectivity index (χ0) is 12.1. The lowest BCUT2D eigenvalue weighted by Gasteiger charge is -2.19. The highest BCUT2D eigenvalue weighted by Crippen LogP contribution is 2.26. The van der Waals surface area contributed by atoms with Gasteiger partial charge in [-0.1, -0.05) is 35.0 Å². The molecule has 1 fully saturated rings. The fraction of sp³-hybridized carbons (Fsp3) is 0.571. The minimum atomic E-state index is 0.504.